The number of anilines is 1. The van der Waals surface area contributed by atoms with Crippen LogP contribution in [0.3, 0.4) is 0 Å². The Morgan fingerprint density at radius 1 is 1.37 bits per heavy atom. The standard InChI is InChI=1S/C14H19N3O2/c1-15-13(18)9-10-5-2-3-6-11(10)17-14(19)12-7-4-8-16-12/h2-3,5-6,12,16H,4,7-9H2,1H3,(H,15,18)(H,17,19)/t12-/m1/s1. The minimum atomic E-state index is -0.118. The summed E-state index contributed by atoms with van der Waals surface area (Å²) in [7, 11) is 1.60. The van der Waals surface area contributed by atoms with E-state index in [1.807, 2.05) is 24.3 Å². The van der Waals surface area contributed by atoms with Gasteiger partial charge in [-0.2, -0.15) is 0 Å². The summed E-state index contributed by atoms with van der Waals surface area (Å²) in [4.78, 5) is 23.5. The minimum absolute atomic E-state index is 0.0261. The first-order valence-corrected chi connectivity index (χ1v) is 6.53. The lowest BCUT2D eigenvalue weighted by Crippen LogP contribution is -2.35. The van der Waals surface area contributed by atoms with Crippen LogP contribution in [0.15, 0.2) is 24.3 Å². The molecular formula is C14H19N3O2. The second-order valence-corrected chi connectivity index (χ2v) is 4.65. The summed E-state index contributed by atoms with van der Waals surface area (Å²) in [6, 6.07) is 7.28. The molecule has 2 rings (SSSR count). The van der Waals surface area contributed by atoms with E-state index in [-0.39, 0.29) is 24.3 Å². The Labute approximate surface area is 112 Å². The Kier molecular flexibility index (Phi) is 4.52. The van der Waals surface area contributed by atoms with Gasteiger partial charge in [0.2, 0.25) is 11.8 Å². The Balaban J connectivity index is 2.06. The molecule has 0 unspecified atom stereocenters. The van der Waals surface area contributed by atoms with E-state index in [4.69, 9.17) is 0 Å². The van der Waals surface area contributed by atoms with Gasteiger partial charge >= 0.3 is 0 Å². The second-order valence-electron chi connectivity index (χ2n) is 4.65. The zero-order valence-electron chi connectivity index (χ0n) is 11.0. The van der Waals surface area contributed by atoms with Gasteiger partial charge in [0.15, 0.2) is 0 Å². The van der Waals surface area contributed by atoms with E-state index in [0.717, 1.165) is 24.9 Å². The Hall–Kier alpha value is -1.88. The largest absolute Gasteiger partial charge is 0.359 e. The SMILES string of the molecule is CNC(=O)Cc1ccccc1NC(=O)[C@H]1CCCN1. The van der Waals surface area contributed by atoms with Crippen LogP contribution in [0.4, 0.5) is 5.69 Å². The minimum Gasteiger partial charge on any atom is -0.359 e. The van der Waals surface area contributed by atoms with Crippen LogP contribution in [0.5, 0.6) is 0 Å². The number of rotatable bonds is 4. The third-order valence-corrected chi connectivity index (χ3v) is 3.28. The fourth-order valence-corrected chi connectivity index (χ4v) is 2.19. The van der Waals surface area contributed by atoms with Gasteiger partial charge in [-0.25, -0.2) is 0 Å². The van der Waals surface area contributed by atoms with Crippen LogP contribution in [-0.4, -0.2) is 31.4 Å². The van der Waals surface area contributed by atoms with Gasteiger partial charge in [-0.3, -0.25) is 9.59 Å². The number of hydrogen-bond acceptors (Lipinski definition) is 3. The number of carbonyl (C=O) groups excluding carboxylic acids is 2. The lowest BCUT2D eigenvalue weighted by molar-refractivity contribution is -0.120. The highest BCUT2D eigenvalue weighted by atomic mass is 16.2. The molecule has 0 saturated carbocycles. The van der Waals surface area contributed by atoms with Crippen LogP contribution in [0, 0.1) is 0 Å². The molecule has 1 aliphatic heterocycles. The van der Waals surface area contributed by atoms with Gasteiger partial charge in [-0.15, -0.1) is 0 Å². The maximum absolute atomic E-state index is 12.0. The van der Waals surface area contributed by atoms with Crippen molar-refractivity contribution >= 4 is 17.5 Å². The third-order valence-electron chi connectivity index (χ3n) is 3.28. The molecule has 0 radical (unpaired) electrons. The highest BCUT2D eigenvalue weighted by Crippen LogP contribution is 2.17. The zero-order valence-corrected chi connectivity index (χ0v) is 11.0. The van der Waals surface area contributed by atoms with Crippen molar-refractivity contribution in [1.29, 1.82) is 0 Å². The molecule has 1 fully saturated rings. The Bertz CT molecular complexity index is 468. The topological polar surface area (TPSA) is 70.2 Å². The van der Waals surface area contributed by atoms with E-state index in [0.29, 0.717) is 5.69 Å². The summed E-state index contributed by atoms with van der Waals surface area (Å²) < 4.78 is 0. The molecular weight excluding hydrogens is 242 g/mol. The molecule has 1 aliphatic rings. The first kappa shape index (κ1) is 13.5. The average Bonchev–Trinajstić information content (AvgIpc) is 2.95. The lowest BCUT2D eigenvalue weighted by atomic mass is 10.1. The smallest absolute Gasteiger partial charge is 0.241 e. The first-order chi connectivity index (χ1) is 9.20. The highest BCUT2D eigenvalue weighted by Gasteiger charge is 2.22. The lowest BCUT2D eigenvalue weighted by Gasteiger charge is -2.14. The van der Waals surface area contributed by atoms with E-state index in [9.17, 15) is 9.59 Å². The number of para-hydroxylation sites is 1. The highest BCUT2D eigenvalue weighted by molar-refractivity contribution is 5.96. The summed E-state index contributed by atoms with van der Waals surface area (Å²) in [5, 5.41) is 8.64. The van der Waals surface area contributed by atoms with Gasteiger partial charge in [-0.1, -0.05) is 18.2 Å². The van der Waals surface area contributed by atoms with Crippen molar-refractivity contribution in [3.8, 4) is 0 Å². The fraction of sp³-hybridized carbons (Fsp3) is 0.429. The van der Waals surface area contributed by atoms with Gasteiger partial charge < -0.3 is 16.0 Å². The molecule has 3 N–H and O–H groups in total. The Morgan fingerprint density at radius 2 is 2.16 bits per heavy atom. The molecule has 1 aromatic rings. The average molecular weight is 261 g/mol. The van der Waals surface area contributed by atoms with Crippen molar-refractivity contribution in [1.82, 2.24) is 10.6 Å². The van der Waals surface area contributed by atoms with E-state index < -0.39 is 0 Å². The molecule has 1 saturated heterocycles. The summed E-state index contributed by atoms with van der Waals surface area (Å²) in [5.41, 5.74) is 1.54. The summed E-state index contributed by atoms with van der Waals surface area (Å²) >= 11 is 0. The van der Waals surface area contributed by atoms with Crippen molar-refractivity contribution in [3.63, 3.8) is 0 Å². The quantitative estimate of drug-likeness (QED) is 0.746. The molecule has 102 valence electrons. The summed E-state index contributed by atoms with van der Waals surface area (Å²) in [6.45, 7) is 0.887. The van der Waals surface area contributed by atoms with Crippen LogP contribution in [0.25, 0.3) is 0 Å². The van der Waals surface area contributed by atoms with E-state index in [1.54, 1.807) is 7.05 Å². The number of carbonyl (C=O) groups is 2. The van der Waals surface area contributed by atoms with Crippen molar-refractivity contribution < 1.29 is 9.59 Å². The molecule has 0 spiro atoms. The van der Waals surface area contributed by atoms with Crippen molar-refractivity contribution in [3.05, 3.63) is 29.8 Å². The molecule has 0 aromatic heterocycles. The van der Waals surface area contributed by atoms with Gasteiger partial charge in [0.1, 0.15) is 0 Å². The van der Waals surface area contributed by atoms with Gasteiger partial charge in [0.05, 0.1) is 12.5 Å². The predicted molar refractivity (Wildman–Crippen MR) is 73.9 cm³/mol. The first-order valence-electron chi connectivity index (χ1n) is 6.53. The van der Waals surface area contributed by atoms with Crippen LogP contribution in [0.2, 0.25) is 0 Å². The molecule has 2 amide bonds. The van der Waals surface area contributed by atoms with Gasteiger partial charge in [0, 0.05) is 12.7 Å². The monoisotopic (exact) mass is 261 g/mol. The van der Waals surface area contributed by atoms with E-state index in [1.165, 1.54) is 0 Å². The van der Waals surface area contributed by atoms with Crippen molar-refractivity contribution in [2.24, 2.45) is 0 Å². The number of benzene rings is 1. The second kappa shape index (κ2) is 6.33. The van der Waals surface area contributed by atoms with Crippen molar-refractivity contribution in [2.75, 3.05) is 18.9 Å². The third kappa shape index (κ3) is 3.54. The molecule has 1 atom stereocenters. The number of nitrogens with one attached hydrogen (secondary N) is 3. The maximum Gasteiger partial charge on any atom is 0.241 e. The Morgan fingerprint density at radius 3 is 2.84 bits per heavy atom. The molecule has 1 heterocycles. The number of hydrogen-bond donors (Lipinski definition) is 3. The zero-order chi connectivity index (χ0) is 13.7. The molecule has 5 heteroatoms. The predicted octanol–water partition coefficient (Wildman–Crippen LogP) is 0.666. The molecule has 0 aliphatic carbocycles. The van der Waals surface area contributed by atoms with Crippen LogP contribution < -0.4 is 16.0 Å². The normalized spacial score (nSPS) is 18.1. The van der Waals surface area contributed by atoms with Crippen LogP contribution in [-0.2, 0) is 16.0 Å². The maximum atomic E-state index is 12.0. The molecule has 1 aromatic carbocycles. The van der Waals surface area contributed by atoms with Crippen LogP contribution in [0.1, 0.15) is 18.4 Å². The van der Waals surface area contributed by atoms with Gasteiger partial charge in [-0.05, 0) is 31.0 Å². The van der Waals surface area contributed by atoms with E-state index in [2.05, 4.69) is 16.0 Å². The molecule has 5 nitrogen and oxygen atoms in total. The molecule has 0 bridgehead atoms. The molecule has 19 heavy (non-hydrogen) atoms. The van der Waals surface area contributed by atoms with Crippen molar-refractivity contribution in [2.45, 2.75) is 25.3 Å². The summed E-state index contributed by atoms with van der Waals surface area (Å²) in [5.74, 6) is -0.0949. The summed E-state index contributed by atoms with van der Waals surface area (Å²) in [6.07, 6.45) is 2.16. The van der Waals surface area contributed by atoms with Crippen LogP contribution >= 0.6 is 0 Å². The van der Waals surface area contributed by atoms with Gasteiger partial charge in [0.25, 0.3) is 0 Å². The van der Waals surface area contributed by atoms with E-state index >= 15 is 0 Å². The fourth-order valence-electron chi connectivity index (χ4n) is 2.19. The number of likely N-dealkylation sites (N-methyl/N-ethyl adjacent to an activating group) is 1. The number of amides is 2.